The van der Waals surface area contributed by atoms with E-state index in [1.54, 1.807) is 17.0 Å². The fourth-order valence-electron chi connectivity index (χ4n) is 3.73. The molecule has 0 aromatic heterocycles. The Morgan fingerprint density at radius 1 is 0.846 bits per heavy atom. The van der Waals surface area contributed by atoms with Crippen molar-refractivity contribution in [1.29, 1.82) is 0 Å². The third-order valence-electron chi connectivity index (χ3n) is 5.41. The second-order valence-electron chi connectivity index (χ2n) is 7.04. The summed E-state index contributed by atoms with van der Waals surface area (Å²) in [4.78, 5) is 29.1. The molecule has 2 amide bonds. The highest BCUT2D eigenvalue weighted by molar-refractivity contribution is 5.95. The molecular weight excluding hydrogens is 331 g/mol. The van der Waals surface area contributed by atoms with E-state index < -0.39 is 5.82 Å². The Balaban J connectivity index is 1.41. The molecule has 134 valence electrons. The number of carbonyl (C=O) groups is 2. The number of halogens is 1. The Kier molecular flexibility index (Phi) is 4.23. The monoisotopic (exact) mass is 352 g/mol. The first kappa shape index (κ1) is 16.8. The molecule has 0 spiro atoms. The highest BCUT2D eigenvalue weighted by Gasteiger charge is 2.53. The van der Waals surface area contributed by atoms with Crippen LogP contribution in [0.1, 0.15) is 28.8 Å². The minimum atomic E-state index is -0.414. The van der Waals surface area contributed by atoms with Crippen molar-refractivity contribution >= 4 is 11.8 Å². The van der Waals surface area contributed by atoms with Crippen molar-refractivity contribution in [3.63, 3.8) is 0 Å². The number of carbonyl (C=O) groups excluding carboxylic acids is 2. The summed E-state index contributed by atoms with van der Waals surface area (Å²) in [6.07, 6.45) is 1.77. The van der Waals surface area contributed by atoms with Gasteiger partial charge in [-0.3, -0.25) is 9.59 Å². The maximum absolute atomic E-state index is 13.3. The Bertz CT molecular complexity index is 825. The molecule has 4 rings (SSSR count). The highest BCUT2D eigenvalue weighted by atomic mass is 19.1. The van der Waals surface area contributed by atoms with Crippen LogP contribution in [0.4, 0.5) is 4.39 Å². The van der Waals surface area contributed by atoms with Gasteiger partial charge in [-0.25, -0.2) is 4.39 Å². The Morgan fingerprint density at radius 3 is 2.12 bits per heavy atom. The van der Waals surface area contributed by atoms with Gasteiger partial charge in [-0.1, -0.05) is 36.4 Å². The van der Waals surface area contributed by atoms with Crippen LogP contribution in [-0.2, 0) is 10.2 Å². The largest absolute Gasteiger partial charge is 0.338 e. The van der Waals surface area contributed by atoms with Crippen LogP contribution in [0.5, 0.6) is 0 Å². The van der Waals surface area contributed by atoms with Crippen molar-refractivity contribution in [2.24, 2.45) is 0 Å². The van der Waals surface area contributed by atoms with E-state index in [1.807, 2.05) is 35.2 Å². The summed E-state index contributed by atoms with van der Waals surface area (Å²) in [5.74, 6) is -0.425. The van der Waals surface area contributed by atoms with E-state index >= 15 is 0 Å². The molecule has 0 N–H and O–H groups in total. The first-order valence-corrected chi connectivity index (χ1v) is 9.00. The van der Waals surface area contributed by atoms with E-state index in [1.165, 1.54) is 12.1 Å². The molecule has 1 saturated carbocycles. The lowest BCUT2D eigenvalue weighted by atomic mass is 9.94. The van der Waals surface area contributed by atoms with E-state index in [0.717, 1.165) is 18.4 Å². The van der Waals surface area contributed by atoms with Gasteiger partial charge in [0.25, 0.3) is 5.91 Å². The first-order valence-electron chi connectivity index (χ1n) is 9.00. The van der Waals surface area contributed by atoms with Gasteiger partial charge in [0, 0.05) is 31.7 Å². The Hall–Kier alpha value is -2.69. The highest BCUT2D eigenvalue weighted by Crippen LogP contribution is 2.49. The van der Waals surface area contributed by atoms with Gasteiger partial charge in [-0.15, -0.1) is 0 Å². The van der Waals surface area contributed by atoms with E-state index in [4.69, 9.17) is 0 Å². The summed E-state index contributed by atoms with van der Waals surface area (Å²) in [7, 11) is 0. The average molecular weight is 352 g/mol. The predicted octanol–water partition coefficient (Wildman–Crippen LogP) is 2.84. The van der Waals surface area contributed by atoms with Crippen LogP contribution < -0.4 is 0 Å². The Morgan fingerprint density at radius 2 is 1.50 bits per heavy atom. The van der Waals surface area contributed by atoms with Crippen LogP contribution in [0.2, 0.25) is 0 Å². The van der Waals surface area contributed by atoms with Gasteiger partial charge in [-0.2, -0.15) is 0 Å². The number of piperazine rings is 1. The maximum atomic E-state index is 13.3. The topological polar surface area (TPSA) is 40.6 Å². The molecule has 26 heavy (non-hydrogen) atoms. The lowest BCUT2D eigenvalue weighted by Crippen LogP contribution is -2.53. The average Bonchev–Trinajstić information content (AvgIpc) is 3.50. The lowest BCUT2D eigenvalue weighted by Gasteiger charge is -2.36. The normalized spacial score (nSPS) is 18.5. The predicted molar refractivity (Wildman–Crippen MR) is 96.2 cm³/mol. The van der Waals surface area contributed by atoms with E-state index in [2.05, 4.69) is 0 Å². The molecule has 0 bridgehead atoms. The van der Waals surface area contributed by atoms with Crippen molar-refractivity contribution in [1.82, 2.24) is 9.80 Å². The second kappa shape index (κ2) is 6.56. The molecule has 0 atom stereocenters. The Labute approximate surface area is 152 Å². The molecule has 1 aliphatic heterocycles. The van der Waals surface area contributed by atoms with Crippen LogP contribution in [0.25, 0.3) is 0 Å². The fraction of sp³-hybridized carbons (Fsp3) is 0.333. The molecule has 0 radical (unpaired) electrons. The number of hydrogen-bond acceptors (Lipinski definition) is 2. The molecule has 5 heteroatoms. The number of rotatable bonds is 3. The van der Waals surface area contributed by atoms with Crippen molar-refractivity contribution < 1.29 is 14.0 Å². The molecule has 2 aromatic carbocycles. The van der Waals surface area contributed by atoms with E-state index in [9.17, 15) is 14.0 Å². The molecule has 1 saturated heterocycles. The minimum Gasteiger partial charge on any atom is -0.338 e. The number of hydrogen-bond donors (Lipinski definition) is 0. The smallest absolute Gasteiger partial charge is 0.254 e. The van der Waals surface area contributed by atoms with Crippen molar-refractivity contribution in [3.05, 3.63) is 71.5 Å². The zero-order valence-electron chi connectivity index (χ0n) is 14.5. The fourth-order valence-corrected chi connectivity index (χ4v) is 3.73. The second-order valence-corrected chi connectivity index (χ2v) is 7.04. The SMILES string of the molecule is O=C(c1cccc(F)c1)N1CCN(C(=O)C2(c3ccccc3)CC2)CC1. The van der Waals surface area contributed by atoms with Gasteiger partial charge in [-0.05, 0) is 36.6 Å². The van der Waals surface area contributed by atoms with Gasteiger partial charge in [0.05, 0.1) is 5.41 Å². The third-order valence-corrected chi connectivity index (χ3v) is 5.41. The quantitative estimate of drug-likeness (QED) is 0.852. The summed E-state index contributed by atoms with van der Waals surface area (Å²) in [6.45, 7) is 2.00. The summed E-state index contributed by atoms with van der Waals surface area (Å²) in [5.41, 5.74) is 1.08. The van der Waals surface area contributed by atoms with Crippen LogP contribution >= 0.6 is 0 Å². The molecule has 2 aromatic rings. The van der Waals surface area contributed by atoms with Gasteiger partial charge in [0.2, 0.25) is 5.91 Å². The van der Waals surface area contributed by atoms with Gasteiger partial charge in [0.15, 0.2) is 0 Å². The zero-order chi connectivity index (χ0) is 18.1. The van der Waals surface area contributed by atoms with Crippen molar-refractivity contribution in [2.45, 2.75) is 18.3 Å². The number of nitrogens with zero attached hydrogens (tertiary/aromatic N) is 2. The molecule has 1 heterocycles. The van der Waals surface area contributed by atoms with Crippen LogP contribution in [0.15, 0.2) is 54.6 Å². The summed E-state index contributed by atoms with van der Waals surface area (Å²) in [5, 5.41) is 0. The summed E-state index contributed by atoms with van der Waals surface area (Å²) < 4.78 is 13.3. The van der Waals surface area contributed by atoms with E-state index in [0.29, 0.717) is 31.7 Å². The van der Waals surface area contributed by atoms with Gasteiger partial charge in [0.1, 0.15) is 5.82 Å². The minimum absolute atomic E-state index is 0.168. The molecule has 2 fully saturated rings. The number of benzene rings is 2. The zero-order valence-corrected chi connectivity index (χ0v) is 14.5. The molecule has 2 aliphatic rings. The summed E-state index contributed by atoms with van der Waals surface area (Å²) >= 11 is 0. The van der Waals surface area contributed by atoms with Crippen molar-refractivity contribution in [2.75, 3.05) is 26.2 Å². The maximum Gasteiger partial charge on any atom is 0.254 e. The van der Waals surface area contributed by atoms with Crippen LogP contribution in [0, 0.1) is 5.82 Å². The summed E-state index contributed by atoms with van der Waals surface area (Å²) in [6, 6.07) is 15.7. The molecule has 1 aliphatic carbocycles. The standard InChI is InChI=1S/C21H21FN2O2/c22-18-8-4-5-16(15-18)19(25)23-11-13-24(14-12-23)20(26)21(9-10-21)17-6-2-1-3-7-17/h1-8,15H,9-14H2. The van der Waals surface area contributed by atoms with Crippen LogP contribution in [-0.4, -0.2) is 47.8 Å². The molecule has 4 nitrogen and oxygen atoms in total. The van der Waals surface area contributed by atoms with Gasteiger partial charge < -0.3 is 9.80 Å². The van der Waals surface area contributed by atoms with Crippen LogP contribution in [0.3, 0.4) is 0 Å². The molecular formula is C21H21FN2O2. The molecule has 0 unspecified atom stereocenters. The lowest BCUT2D eigenvalue weighted by molar-refractivity contribution is -0.135. The van der Waals surface area contributed by atoms with E-state index in [-0.39, 0.29) is 17.2 Å². The first-order chi connectivity index (χ1) is 12.6. The number of amides is 2. The van der Waals surface area contributed by atoms with Gasteiger partial charge >= 0.3 is 0 Å². The van der Waals surface area contributed by atoms with Crippen molar-refractivity contribution in [3.8, 4) is 0 Å². The third kappa shape index (κ3) is 2.98.